The van der Waals surface area contributed by atoms with Crippen molar-refractivity contribution in [3.8, 4) is 17.2 Å². The molecule has 0 bridgehead atoms. The van der Waals surface area contributed by atoms with Gasteiger partial charge in [-0.05, 0) is 37.1 Å². The molecule has 0 aliphatic carbocycles. The Morgan fingerprint density at radius 2 is 1.78 bits per heavy atom. The molecule has 0 aromatic heterocycles. The van der Waals surface area contributed by atoms with Gasteiger partial charge in [-0.25, -0.2) is 0 Å². The minimum atomic E-state index is -0.382. The van der Waals surface area contributed by atoms with Gasteiger partial charge >= 0.3 is 5.69 Å². The molecule has 3 rings (SSSR count). The minimum Gasteiger partial charge on any atom is -0.497 e. The van der Waals surface area contributed by atoms with E-state index < -0.39 is 0 Å². The summed E-state index contributed by atoms with van der Waals surface area (Å²) < 4.78 is 16.4. The molecule has 0 fully saturated rings. The molecule has 0 radical (unpaired) electrons. The lowest BCUT2D eigenvalue weighted by atomic mass is 10.1. The van der Waals surface area contributed by atoms with Crippen molar-refractivity contribution in [3.05, 3.63) is 57.1 Å². The zero-order chi connectivity index (χ0) is 19.6. The van der Waals surface area contributed by atoms with Crippen LogP contribution in [0.5, 0.6) is 17.2 Å². The molecule has 1 aliphatic heterocycles. The van der Waals surface area contributed by atoms with Crippen LogP contribution in [-0.4, -0.2) is 30.1 Å². The molecule has 0 spiro atoms. The fraction of sp³-hybridized carbons (Fsp3) is 0.400. The molecule has 0 N–H and O–H groups in total. The molecule has 0 unspecified atom stereocenters. The topological polar surface area (TPSA) is 74.1 Å². The molecular weight excluding hydrogens is 348 g/mol. The molecule has 27 heavy (non-hydrogen) atoms. The number of nitro benzene ring substituents is 1. The average Bonchev–Trinajstić information content (AvgIpc) is 3.01. The van der Waals surface area contributed by atoms with Crippen LogP contribution in [-0.2, 0) is 19.6 Å². The van der Waals surface area contributed by atoms with Crippen molar-refractivity contribution in [1.29, 1.82) is 0 Å². The number of fused-ring (bicyclic) bond motifs is 1. The van der Waals surface area contributed by atoms with Crippen LogP contribution >= 0.6 is 0 Å². The molecule has 0 atom stereocenters. The van der Waals surface area contributed by atoms with Crippen molar-refractivity contribution < 1.29 is 19.1 Å². The van der Waals surface area contributed by atoms with Crippen LogP contribution in [0.25, 0.3) is 0 Å². The van der Waals surface area contributed by atoms with Crippen LogP contribution in [0.4, 0.5) is 5.69 Å². The second-order valence-corrected chi connectivity index (χ2v) is 6.84. The monoisotopic (exact) mass is 372 g/mol. The summed E-state index contributed by atoms with van der Waals surface area (Å²) in [5, 5.41) is 11.4. The molecule has 7 nitrogen and oxygen atoms in total. The van der Waals surface area contributed by atoms with Crippen molar-refractivity contribution >= 4 is 5.69 Å². The lowest BCUT2D eigenvalue weighted by molar-refractivity contribution is -0.386. The third kappa shape index (κ3) is 4.14. The summed E-state index contributed by atoms with van der Waals surface area (Å²) >= 11 is 0. The van der Waals surface area contributed by atoms with E-state index in [2.05, 4.69) is 4.90 Å². The zero-order valence-corrected chi connectivity index (χ0v) is 16.0. The standard InChI is InChI=1S/C20H24N2O5/c1-13(2)27-20-8-16-12-21(11-15(16)7-18(20)22(23)24)10-14-5-6-17(25-3)9-19(14)26-4/h5-9,13H,10-12H2,1-4H3. The number of nitro groups is 1. The molecule has 144 valence electrons. The molecule has 7 heteroatoms. The number of nitrogens with zero attached hydrogens (tertiary/aromatic N) is 2. The fourth-order valence-corrected chi connectivity index (χ4v) is 3.31. The fourth-order valence-electron chi connectivity index (χ4n) is 3.31. The van der Waals surface area contributed by atoms with Gasteiger partial charge in [-0.1, -0.05) is 6.07 Å². The zero-order valence-electron chi connectivity index (χ0n) is 16.0. The van der Waals surface area contributed by atoms with Gasteiger partial charge in [-0.2, -0.15) is 0 Å². The minimum absolute atomic E-state index is 0.0197. The van der Waals surface area contributed by atoms with Gasteiger partial charge < -0.3 is 14.2 Å². The van der Waals surface area contributed by atoms with Crippen molar-refractivity contribution in [2.75, 3.05) is 14.2 Å². The Labute approximate surface area is 158 Å². The highest BCUT2D eigenvalue weighted by Crippen LogP contribution is 2.36. The van der Waals surface area contributed by atoms with Gasteiger partial charge in [0, 0.05) is 37.3 Å². The van der Waals surface area contributed by atoms with E-state index in [0.29, 0.717) is 25.4 Å². The number of benzene rings is 2. The van der Waals surface area contributed by atoms with Crippen molar-refractivity contribution in [2.45, 2.75) is 39.6 Å². The van der Waals surface area contributed by atoms with Gasteiger partial charge in [0.25, 0.3) is 0 Å². The highest BCUT2D eigenvalue weighted by molar-refractivity contribution is 5.53. The van der Waals surface area contributed by atoms with Gasteiger partial charge in [0.2, 0.25) is 0 Å². The maximum absolute atomic E-state index is 11.4. The summed E-state index contributed by atoms with van der Waals surface area (Å²) in [4.78, 5) is 13.2. The Hall–Kier alpha value is -2.80. The molecule has 0 amide bonds. The lowest BCUT2D eigenvalue weighted by Crippen LogP contribution is -2.16. The van der Waals surface area contributed by atoms with Gasteiger partial charge in [-0.3, -0.25) is 15.0 Å². The first-order chi connectivity index (χ1) is 12.9. The van der Waals surface area contributed by atoms with Gasteiger partial charge in [-0.15, -0.1) is 0 Å². The predicted molar refractivity (Wildman–Crippen MR) is 101 cm³/mol. The van der Waals surface area contributed by atoms with Crippen molar-refractivity contribution in [1.82, 2.24) is 4.90 Å². The second-order valence-electron chi connectivity index (χ2n) is 6.84. The van der Waals surface area contributed by atoms with E-state index >= 15 is 0 Å². The molecule has 1 aliphatic rings. The summed E-state index contributed by atoms with van der Waals surface area (Å²) in [6, 6.07) is 9.19. The van der Waals surface area contributed by atoms with Crippen LogP contribution in [0.2, 0.25) is 0 Å². The first kappa shape index (κ1) is 19.0. The van der Waals surface area contributed by atoms with Gasteiger partial charge in [0.15, 0.2) is 5.75 Å². The molecule has 1 heterocycles. The third-order valence-corrected chi connectivity index (χ3v) is 4.52. The maximum atomic E-state index is 11.4. The maximum Gasteiger partial charge on any atom is 0.311 e. The highest BCUT2D eigenvalue weighted by atomic mass is 16.6. The average molecular weight is 372 g/mol. The van der Waals surface area contributed by atoms with E-state index in [9.17, 15) is 10.1 Å². The highest BCUT2D eigenvalue weighted by Gasteiger charge is 2.26. The molecular formula is C20H24N2O5. The summed E-state index contributed by atoms with van der Waals surface area (Å²) in [5.41, 5.74) is 3.08. The largest absolute Gasteiger partial charge is 0.497 e. The normalized spacial score (nSPS) is 13.5. The predicted octanol–water partition coefficient (Wildman–Crippen LogP) is 3.92. The molecule has 0 saturated carbocycles. The van der Waals surface area contributed by atoms with E-state index in [1.807, 2.05) is 32.0 Å². The summed E-state index contributed by atoms with van der Waals surface area (Å²) in [6.07, 6.45) is -0.122. The van der Waals surface area contributed by atoms with E-state index in [1.165, 1.54) is 0 Å². The quantitative estimate of drug-likeness (QED) is 0.542. The number of rotatable bonds is 7. The van der Waals surface area contributed by atoms with Crippen LogP contribution in [0.3, 0.4) is 0 Å². The van der Waals surface area contributed by atoms with Crippen LogP contribution < -0.4 is 14.2 Å². The van der Waals surface area contributed by atoms with E-state index in [4.69, 9.17) is 14.2 Å². The van der Waals surface area contributed by atoms with Crippen LogP contribution in [0, 0.1) is 10.1 Å². The van der Waals surface area contributed by atoms with E-state index in [-0.39, 0.29) is 16.7 Å². The Morgan fingerprint density at radius 3 is 2.37 bits per heavy atom. The van der Waals surface area contributed by atoms with Crippen LogP contribution in [0.1, 0.15) is 30.5 Å². The smallest absolute Gasteiger partial charge is 0.311 e. The van der Waals surface area contributed by atoms with Gasteiger partial charge in [0.05, 0.1) is 25.2 Å². The third-order valence-electron chi connectivity index (χ3n) is 4.52. The van der Waals surface area contributed by atoms with Crippen LogP contribution in [0.15, 0.2) is 30.3 Å². The molecule has 2 aromatic rings. The Bertz CT molecular complexity index is 851. The summed E-state index contributed by atoms with van der Waals surface area (Å²) in [6.45, 7) is 5.75. The number of methoxy groups -OCH3 is 2. The summed E-state index contributed by atoms with van der Waals surface area (Å²) in [7, 11) is 3.26. The Morgan fingerprint density at radius 1 is 1.07 bits per heavy atom. The number of ether oxygens (including phenoxy) is 3. The SMILES string of the molecule is COc1ccc(CN2Cc3cc(OC(C)C)c([N+](=O)[O-])cc3C2)c(OC)c1. The first-order valence-corrected chi connectivity index (χ1v) is 8.81. The molecule has 0 saturated heterocycles. The number of hydrogen-bond donors (Lipinski definition) is 0. The van der Waals surface area contributed by atoms with E-state index in [1.54, 1.807) is 26.4 Å². The second kappa shape index (κ2) is 7.84. The molecule has 2 aromatic carbocycles. The van der Waals surface area contributed by atoms with Gasteiger partial charge in [0.1, 0.15) is 11.5 Å². The Balaban J connectivity index is 1.82. The van der Waals surface area contributed by atoms with E-state index in [0.717, 1.165) is 28.2 Å². The van der Waals surface area contributed by atoms with Crippen molar-refractivity contribution in [2.24, 2.45) is 0 Å². The van der Waals surface area contributed by atoms with Crippen molar-refractivity contribution in [3.63, 3.8) is 0 Å². The first-order valence-electron chi connectivity index (χ1n) is 8.81. The summed E-state index contributed by atoms with van der Waals surface area (Å²) in [5.74, 6) is 1.84. The Kier molecular flexibility index (Phi) is 5.51. The number of hydrogen-bond acceptors (Lipinski definition) is 6. The lowest BCUT2D eigenvalue weighted by Gasteiger charge is -2.17.